The van der Waals surface area contributed by atoms with Gasteiger partial charge < -0.3 is 5.32 Å². The van der Waals surface area contributed by atoms with Crippen LogP contribution in [0.3, 0.4) is 0 Å². The normalized spacial score (nSPS) is 11.1. The molecule has 2 aromatic carbocycles. The van der Waals surface area contributed by atoms with Gasteiger partial charge in [0.05, 0.1) is 4.90 Å². The number of anilines is 1. The Bertz CT molecular complexity index is 817. The van der Waals surface area contributed by atoms with Crippen LogP contribution >= 0.6 is 0 Å². The Labute approximate surface area is 138 Å². The molecule has 0 atom stereocenters. The zero-order valence-electron chi connectivity index (χ0n) is 12.8. The summed E-state index contributed by atoms with van der Waals surface area (Å²) in [4.78, 5) is 10.7. The molecular weight excluding hydrogens is 338 g/mol. The van der Waals surface area contributed by atoms with Crippen molar-refractivity contribution in [1.82, 2.24) is 5.32 Å². The van der Waals surface area contributed by atoms with E-state index in [2.05, 4.69) is 5.32 Å². The number of hydrogen-bond acceptors (Lipinski definition) is 3. The number of rotatable bonds is 6. The van der Waals surface area contributed by atoms with Crippen LogP contribution in [0.5, 0.6) is 0 Å². The zero-order valence-corrected chi connectivity index (χ0v) is 13.7. The molecule has 0 bridgehead atoms. The standard InChI is InChI=1S/C16H16F2N2O3S/c1-11(21)19-10-9-12-5-7-13(8-6-12)24(22,23)20-16-14(17)3-2-4-15(16)18/h2-8,20H,9-10H2,1H3,(H,19,21). The Balaban J connectivity index is 2.13. The van der Waals surface area contributed by atoms with Crippen molar-refractivity contribution in [3.8, 4) is 0 Å². The minimum absolute atomic E-state index is 0.117. The zero-order chi connectivity index (χ0) is 17.7. The van der Waals surface area contributed by atoms with Gasteiger partial charge in [0.15, 0.2) is 0 Å². The van der Waals surface area contributed by atoms with E-state index < -0.39 is 27.3 Å². The van der Waals surface area contributed by atoms with Crippen LogP contribution in [-0.2, 0) is 21.2 Å². The van der Waals surface area contributed by atoms with Crippen molar-refractivity contribution in [3.63, 3.8) is 0 Å². The van der Waals surface area contributed by atoms with Crippen molar-refractivity contribution < 1.29 is 22.0 Å². The van der Waals surface area contributed by atoms with Crippen LogP contribution < -0.4 is 10.0 Å². The maximum absolute atomic E-state index is 13.6. The lowest BCUT2D eigenvalue weighted by Gasteiger charge is -2.10. The van der Waals surface area contributed by atoms with Gasteiger partial charge in [-0.3, -0.25) is 9.52 Å². The number of carbonyl (C=O) groups is 1. The highest BCUT2D eigenvalue weighted by molar-refractivity contribution is 7.92. The Hall–Kier alpha value is -2.48. The molecule has 2 rings (SSSR count). The number of hydrogen-bond donors (Lipinski definition) is 2. The number of halogens is 2. The molecule has 0 saturated heterocycles. The predicted molar refractivity (Wildman–Crippen MR) is 86.0 cm³/mol. The topological polar surface area (TPSA) is 75.3 Å². The molecule has 0 aliphatic carbocycles. The quantitative estimate of drug-likeness (QED) is 0.837. The fourth-order valence-corrected chi connectivity index (χ4v) is 3.08. The van der Waals surface area contributed by atoms with Crippen LogP contribution in [0.25, 0.3) is 0 Å². The number of benzene rings is 2. The third-order valence-corrected chi connectivity index (χ3v) is 4.59. The van der Waals surface area contributed by atoms with Gasteiger partial charge in [0.1, 0.15) is 17.3 Å². The van der Waals surface area contributed by atoms with Crippen LogP contribution in [0.15, 0.2) is 47.4 Å². The maximum Gasteiger partial charge on any atom is 0.262 e. The second-order valence-corrected chi connectivity index (χ2v) is 6.76. The summed E-state index contributed by atoms with van der Waals surface area (Å²) in [7, 11) is -4.11. The Kier molecular flexibility index (Phi) is 5.50. The Morgan fingerprint density at radius 3 is 2.17 bits per heavy atom. The summed E-state index contributed by atoms with van der Waals surface area (Å²) in [6.45, 7) is 1.84. The van der Waals surface area contributed by atoms with Gasteiger partial charge in [-0.25, -0.2) is 17.2 Å². The summed E-state index contributed by atoms with van der Waals surface area (Å²) < 4.78 is 53.5. The third kappa shape index (κ3) is 4.51. The highest BCUT2D eigenvalue weighted by Crippen LogP contribution is 2.22. The molecule has 1 amide bonds. The van der Waals surface area contributed by atoms with Gasteiger partial charge in [0.25, 0.3) is 10.0 Å². The minimum Gasteiger partial charge on any atom is -0.356 e. The van der Waals surface area contributed by atoms with Crippen molar-refractivity contribution in [2.24, 2.45) is 0 Å². The lowest BCUT2D eigenvalue weighted by atomic mass is 10.1. The second kappa shape index (κ2) is 7.39. The molecule has 2 aromatic rings. The van der Waals surface area contributed by atoms with Gasteiger partial charge in [-0.15, -0.1) is 0 Å². The molecule has 0 aliphatic heterocycles. The lowest BCUT2D eigenvalue weighted by Crippen LogP contribution is -2.22. The van der Waals surface area contributed by atoms with Gasteiger partial charge in [0.2, 0.25) is 5.91 Å². The molecule has 0 aliphatic rings. The summed E-state index contributed by atoms with van der Waals surface area (Å²) in [5.74, 6) is -2.14. The summed E-state index contributed by atoms with van der Waals surface area (Å²) in [6.07, 6.45) is 0.537. The molecule has 0 radical (unpaired) electrons. The maximum atomic E-state index is 13.6. The molecule has 0 aromatic heterocycles. The monoisotopic (exact) mass is 354 g/mol. The number of para-hydroxylation sites is 1. The van der Waals surface area contributed by atoms with E-state index in [1.807, 2.05) is 4.72 Å². The van der Waals surface area contributed by atoms with E-state index in [0.29, 0.717) is 13.0 Å². The SMILES string of the molecule is CC(=O)NCCc1ccc(S(=O)(=O)Nc2c(F)cccc2F)cc1. The molecule has 128 valence electrons. The Morgan fingerprint density at radius 2 is 1.62 bits per heavy atom. The van der Waals surface area contributed by atoms with Crippen LogP contribution in [0.2, 0.25) is 0 Å². The predicted octanol–water partition coefficient (Wildman–Crippen LogP) is 2.44. The average molecular weight is 354 g/mol. The van der Waals surface area contributed by atoms with Crippen molar-refractivity contribution in [1.29, 1.82) is 0 Å². The molecule has 0 saturated carbocycles. The summed E-state index contributed by atoms with van der Waals surface area (Å²) >= 11 is 0. The highest BCUT2D eigenvalue weighted by Gasteiger charge is 2.18. The van der Waals surface area contributed by atoms with Crippen molar-refractivity contribution in [2.75, 3.05) is 11.3 Å². The summed E-state index contributed by atoms with van der Waals surface area (Å²) in [5.41, 5.74) is 0.104. The largest absolute Gasteiger partial charge is 0.356 e. The van der Waals surface area contributed by atoms with Gasteiger partial charge in [-0.2, -0.15) is 0 Å². The highest BCUT2D eigenvalue weighted by atomic mass is 32.2. The lowest BCUT2D eigenvalue weighted by molar-refractivity contribution is -0.118. The van der Waals surface area contributed by atoms with Crippen molar-refractivity contribution >= 4 is 21.6 Å². The second-order valence-electron chi connectivity index (χ2n) is 5.08. The molecule has 24 heavy (non-hydrogen) atoms. The van der Waals surface area contributed by atoms with Gasteiger partial charge in [-0.1, -0.05) is 18.2 Å². The van der Waals surface area contributed by atoms with Crippen LogP contribution in [-0.4, -0.2) is 20.9 Å². The van der Waals surface area contributed by atoms with Gasteiger partial charge in [-0.05, 0) is 36.2 Å². The first kappa shape index (κ1) is 17.9. The Morgan fingerprint density at radius 1 is 1.04 bits per heavy atom. The molecule has 0 unspecified atom stereocenters. The van der Waals surface area contributed by atoms with E-state index in [0.717, 1.165) is 23.8 Å². The molecule has 5 nitrogen and oxygen atoms in total. The third-order valence-electron chi connectivity index (χ3n) is 3.22. The van der Waals surface area contributed by atoms with Crippen molar-refractivity contribution in [3.05, 3.63) is 59.7 Å². The van der Waals surface area contributed by atoms with Crippen LogP contribution in [0.1, 0.15) is 12.5 Å². The number of amides is 1. The molecule has 0 heterocycles. The average Bonchev–Trinajstić information content (AvgIpc) is 2.51. The first-order valence-corrected chi connectivity index (χ1v) is 8.58. The summed E-state index contributed by atoms with van der Waals surface area (Å²) in [6, 6.07) is 8.90. The van der Waals surface area contributed by atoms with Gasteiger partial charge >= 0.3 is 0 Å². The van der Waals surface area contributed by atoms with E-state index in [1.165, 1.54) is 19.1 Å². The first-order valence-electron chi connectivity index (χ1n) is 7.10. The number of carbonyl (C=O) groups excluding carboxylic acids is 1. The van der Waals surface area contributed by atoms with E-state index in [-0.39, 0.29) is 10.8 Å². The fraction of sp³-hybridized carbons (Fsp3) is 0.188. The molecular formula is C16H16F2N2O3S. The van der Waals surface area contributed by atoms with Crippen LogP contribution in [0.4, 0.5) is 14.5 Å². The van der Waals surface area contributed by atoms with Gasteiger partial charge in [0, 0.05) is 13.5 Å². The minimum atomic E-state index is -4.11. The summed E-state index contributed by atoms with van der Waals surface area (Å²) in [5, 5.41) is 2.63. The van der Waals surface area contributed by atoms with Crippen molar-refractivity contribution in [2.45, 2.75) is 18.2 Å². The van der Waals surface area contributed by atoms with E-state index in [1.54, 1.807) is 12.1 Å². The first-order chi connectivity index (χ1) is 11.3. The molecule has 0 spiro atoms. The smallest absolute Gasteiger partial charge is 0.262 e. The van der Waals surface area contributed by atoms with Crippen LogP contribution in [0, 0.1) is 11.6 Å². The van der Waals surface area contributed by atoms with E-state index >= 15 is 0 Å². The fourth-order valence-electron chi connectivity index (χ4n) is 2.01. The molecule has 2 N–H and O–H groups in total. The number of nitrogens with one attached hydrogen (secondary N) is 2. The molecule has 0 fully saturated rings. The van der Waals surface area contributed by atoms with E-state index in [4.69, 9.17) is 0 Å². The van der Waals surface area contributed by atoms with E-state index in [9.17, 15) is 22.0 Å². The molecule has 8 heteroatoms. The number of sulfonamides is 1.